The number of hydrogen-bond donors (Lipinski definition) is 1. The summed E-state index contributed by atoms with van der Waals surface area (Å²) in [6, 6.07) is 0. The van der Waals surface area contributed by atoms with E-state index in [2.05, 4.69) is 32.6 Å². The van der Waals surface area contributed by atoms with Crippen LogP contribution in [0.25, 0.3) is 0 Å². The molecule has 4 aliphatic carbocycles. The van der Waals surface area contributed by atoms with E-state index in [-0.39, 0.29) is 34.9 Å². The Bertz CT molecular complexity index is 720. The number of nitrogens with zero attached hydrogens (tertiary/aromatic N) is 1. The first kappa shape index (κ1) is 24.2. The maximum Gasteiger partial charge on any atom is 0.320 e. The van der Waals surface area contributed by atoms with Gasteiger partial charge in [0.05, 0.1) is 12.6 Å². The normalized spacial score (nSPS) is 45.7. The number of aliphatic hydroxyl groups excluding tert-OH is 1. The van der Waals surface area contributed by atoms with Crippen LogP contribution in [0.5, 0.6) is 0 Å². The van der Waals surface area contributed by atoms with Crippen molar-refractivity contribution < 1.29 is 19.4 Å². The molecule has 0 aromatic carbocycles. The Morgan fingerprint density at radius 2 is 1.75 bits per heavy atom. The van der Waals surface area contributed by atoms with Crippen molar-refractivity contribution in [2.45, 2.75) is 98.2 Å². The first-order valence-electron chi connectivity index (χ1n) is 13.2. The van der Waals surface area contributed by atoms with E-state index in [4.69, 9.17) is 4.74 Å². The molecule has 0 aromatic rings. The van der Waals surface area contributed by atoms with Gasteiger partial charge in [0.15, 0.2) is 0 Å². The van der Waals surface area contributed by atoms with Gasteiger partial charge in [-0.25, -0.2) is 0 Å². The molecule has 1 N–H and O–H groups in total. The van der Waals surface area contributed by atoms with Crippen LogP contribution in [-0.2, 0) is 14.3 Å². The zero-order valence-corrected chi connectivity index (χ0v) is 20.9. The lowest BCUT2D eigenvalue weighted by Gasteiger charge is -2.62. The van der Waals surface area contributed by atoms with Gasteiger partial charge in [-0.1, -0.05) is 27.7 Å². The van der Waals surface area contributed by atoms with Crippen molar-refractivity contribution in [2.24, 2.45) is 40.4 Å². The van der Waals surface area contributed by atoms with Gasteiger partial charge in [0, 0.05) is 11.8 Å². The number of hydrogen-bond acceptors (Lipinski definition) is 5. The third-order valence-corrected chi connectivity index (χ3v) is 10.6. The summed E-state index contributed by atoms with van der Waals surface area (Å²) in [4.78, 5) is 27.8. The van der Waals surface area contributed by atoms with Crippen LogP contribution >= 0.6 is 0 Å². The number of fused-ring (bicyclic) bond motifs is 5. The number of carbonyl (C=O) groups excluding carboxylic acids is 2. The van der Waals surface area contributed by atoms with E-state index in [1.54, 1.807) is 6.92 Å². The lowest BCUT2D eigenvalue weighted by Crippen LogP contribution is -2.60. The van der Waals surface area contributed by atoms with Crippen LogP contribution in [-0.4, -0.2) is 53.6 Å². The Kier molecular flexibility index (Phi) is 6.82. The summed E-state index contributed by atoms with van der Waals surface area (Å²) in [5.41, 5.74) is 0.0441. The average molecular weight is 448 g/mol. The first-order chi connectivity index (χ1) is 15.1. The highest BCUT2D eigenvalue weighted by Crippen LogP contribution is 2.68. The summed E-state index contributed by atoms with van der Waals surface area (Å²) in [7, 11) is 0. The fourth-order valence-electron chi connectivity index (χ4n) is 8.94. The van der Waals surface area contributed by atoms with E-state index in [9.17, 15) is 14.7 Å². The van der Waals surface area contributed by atoms with Gasteiger partial charge in [-0.2, -0.15) is 0 Å². The second kappa shape index (κ2) is 9.02. The molecule has 0 amide bonds. The molecular weight excluding hydrogens is 402 g/mol. The molecule has 3 unspecified atom stereocenters. The number of rotatable bonds is 6. The van der Waals surface area contributed by atoms with Crippen LogP contribution in [0, 0.1) is 40.4 Å². The van der Waals surface area contributed by atoms with Crippen molar-refractivity contribution >= 4 is 11.8 Å². The highest BCUT2D eigenvalue weighted by Gasteiger charge is 2.64. The molecule has 182 valence electrons. The quantitative estimate of drug-likeness (QED) is 0.609. The van der Waals surface area contributed by atoms with Crippen molar-refractivity contribution in [1.82, 2.24) is 4.90 Å². The van der Waals surface area contributed by atoms with Crippen LogP contribution < -0.4 is 0 Å². The number of carbonyl (C=O) groups is 2. The van der Waals surface area contributed by atoms with E-state index < -0.39 is 0 Å². The monoisotopic (exact) mass is 447 g/mol. The topological polar surface area (TPSA) is 66.8 Å². The molecule has 0 spiro atoms. The summed E-state index contributed by atoms with van der Waals surface area (Å²) in [5, 5.41) is 10.4. The lowest BCUT2D eigenvalue weighted by molar-refractivity contribution is -0.199. The molecule has 5 heteroatoms. The molecule has 4 saturated carbocycles. The van der Waals surface area contributed by atoms with E-state index >= 15 is 0 Å². The predicted octanol–water partition coefficient (Wildman–Crippen LogP) is 4.46. The van der Waals surface area contributed by atoms with Crippen LogP contribution in [0.2, 0.25) is 0 Å². The zero-order chi connectivity index (χ0) is 23.3. The second-order valence-corrected chi connectivity index (χ2v) is 11.9. The predicted molar refractivity (Wildman–Crippen MR) is 125 cm³/mol. The standard InChI is InChI=1S/C27H45NO4/c1-6-28(7-2)16-24(31)32-23-15-27(5)21(17(3)29)10-11-22(27)20-9-8-18-14-19(30)12-13-26(18,4)25(20)23/h18-23,25,30H,6-16H2,1-5H3/t18?,19?,20-,21+,22-,23?,25+,26-,27+/m0/s1. The van der Waals surface area contributed by atoms with Crippen LogP contribution in [0.4, 0.5) is 0 Å². The van der Waals surface area contributed by atoms with Gasteiger partial charge in [0.25, 0.3) is 0 Å². The molecule has 5 nitrogen and oxygen atoms in total. The molecule has 32 heavy (non-hydrogen) atoms. The Labute approximate surface area is 194 Å². The van der Waals surface area contributed by atoms with Crippen LogP contribution in [0.15, 0.2) is 0 Å². The number of ether oxygens (including phenoxy) is 1. The molecule has 4 fully saturated rings. The molecule has 4 aliphatic rings. The van der Waals surface area contributed by atoms with Crippen molar-refractivity contribution in [3.05, 3.63) is 0 Å². The Morgan fingerprint density at radius 1 is 1.03 bits per heavy atom. The smallest absolute Gasteiger partial charge is 0.320 e. The largest absolute Gasteiger partial charge is 0.461 e. The van der Waals surface area contributed by atoms with Gasteiger partial charge in [-0.3, -0.25) is 14.5 Å². The minimum Gasteiger partial charge on any atom is -0.461 e. The summed E-state index contributed by atoms with van der Waals surface area (Å²) in [5.74, 6) is 2.20. The highest BCUT2D eigenvalue weighted by molar-refractivity contribution is 5.79. The molecule has 0 aromatic heterocycles. The molecule has 4 rings (SSSR count). The van der Waals surface area contributed by atoms with E-state index in [0.717, 1.165) is 64.5 Å². The Morgan fingerprint density at radius 3 is 2.41 bits per heavy atom. The Balaban J connectivity index is 1.66. The van der Waals surface area contributed by atoms with Gasteiger partial charge in [-0.15, -0.1) is 0 Å². The second-order valence-electron chi connectivity index (χ2n) is 11.9. The zero-order valence-electron chi connectivity index (χ0n) is 20.9. The maximum atomic E-state index is 13.1. The summed E-state index contributed by atoms with van der Waals surface area (Å²) >= 11 is 0. The fourth-order valence-corrected chi connectivity index (χ4v) is 8.94. The maximum absolute atomic E-state index is 13.1. The SMILES string of the molecule is CCN(CC)CC(=O)OC1C[C@]2(C)[C@@H](C(C)=O)CC[C@H]2[C@@H]2CCC3CC(O)CC[C@]3(C)[C@@H]12. The fraction of sp³-hybridized carbons (Fsp3) is 0.926. The number of ketones is 1. The minimum atomic E-state index is -0.185. The molecule has 0 bridgehead atoms. The third-order valence-electron chi connectivity index (χ3n) is 10.6. The van der Waals surface area contributed by atoms with Gasteiger partial charge in [0.1, 0.15) is 11.9 Å². The molecule has 9 atom stereocenters. The lowest BCUT2D eigenvalue weighted by atomic mass is 9.43. The number of Topliss-reactive ketones (excluding diaryl/α,β-unsaturated/α-hetero) is 1. The summed E-state index contributed by atoms with van der Waals surface area (Å²) < 4.78 is 6.38. The van der Waals surface area contributed by atoms with Crippen molar-refractivity contribution in [2.75, 3.05) is 19.6 Å². The van der Waals surface area contributed by atoms with Gasteiger partial charge in [0.2, 0.25) is 0 Å². The Hall–Kier alpha value is -0.940. The molecule has 0 radical (unpaired) electrons. The summed E-state index contributed by atoms with van der Waals surface area (Å²) in [6.45, 7) is 12.7. The minimum absolute atomic E-state index is 0.0650. The van der Waals surface area contributed by atoms with Crippen LogP contribution in [0.1, 0.15) is 86.0 Å². The molecule has 0 aliphatic heterocycles. The number of likely N-dealkylation sites (N-methyl/N-ethyl adjacent to an activating group) is 1. The number of aliphatic hydroxyl groups is 1. The highest BCUT2D eigenvalue weighted by atomic mass is 16.5. The number of esters is 1. The summed E-state index contributed by atoms with van der Waals surface area (Å²) in [6.07, 6.45) is 7.69. The van der Waals surface area contributed by atoms with Crippen molar-refractivity contribution in [3.8, 4) is 0 Å². The van der Waals surface area contributed by atoms with Crippen molar-refractivity contribution in [3.63, 3.8) is 0 Å². The van der Waals surface area contributed by atoms with Gasteiger partial charge >= 0.3 is 5.97 Å². The third kappa shape index (κ3) is 3.96. The van der Waals surface area contributed by atoms with Crippen molar-refractivity contribution in [1.29, 1.82) is 0 Å². The first-order valence-corrected chi connectivity index (χ1v) is 13.2. The van der Waals surface area contributed by atoms with E-state index in [0.29, 0.717) is 36.0 Å². The average Bonchev–Trinajstić information content (AvgIpc) is 3.09. The van der Waals surface area contributed by atoms with Crippen LogP contribution in [0.3, 0.4) is 0 Å². The van der Waals surface area contributed by atoms with E-state index in [1.807, 2.05) is 0 Å². The van der Waals surface area contributed by atoms with E-state index in [1.165, 1.54) is 0 Å². The van der Waals surface area contributed by atoms with Gasteiger partial charge < -0.3 is 9.84 Å². The molecular formula is C27H45NO4. The molecule has 0 saturated heterocycles. The molecule has 0 heterocycles. The van der Waals surface area contributed by atoms with Gasteiger partial charge in [-0.05, 0) is 100.0 Å².